The predicted molar refractivity (Wildman–Crippen MR) is 116 cm³/mol. The van der Waals surface area contributed by atoms with Crippen LogP contribution in [0.5, 0.6) is 0 Å². The minimum absolute atomic E-state index is 0.0362. The predicted octanol–water partition coefficient (Wildman–Crippen LogP) is 4.15. The molecule has 29 heavy (non-hydrogen) atoms. The lowest BCUT2D eigenvalue weighted by molar-refractivity contribution is 0.0932. The van der Waals surface area contributed by atoms with Crippen molar-refractivity contribution in [3.63, 3.8) is 0 Å². The molecular weight excluding hydrogens is 452 g/mol. The van der Waals surface area contributed by atoms with Crippen molar-refractivity contribution in [2.45, 2.75) is 32.2 Å². The van der Waals surface area contributed by atoms with Gasteiger partial charge in [0, 0.05) is 28.0 Å². The summed E-state index contributed by atoms with van der Waals surface area (Å²) in [6, 6.07) is 9.21. The third-order valence-corrected chi connectivity index (χ3v) is 6.63. The number of hydrogen-bond acceptors (Lipinski definition) is 5. The molecule has 1 unspecified atom stereocenters. The van der Waals surface area contributed by atoms with E-state index >= 15 is 0 Å². The second-order valence-corrected chi connectivity index (χ2v) is 8.78. The van der Waals surface area contributed by atoms with Crippen LogP contribution in [0.3, 0.4) is 0 Å². The van der Waals surface area contributed by atoms with E-state index in [1.165, 1.54) is 11.3 Å². The Balaban J connectivity index is 1.40. The number of carbonyl (C=O) groups excluding carboxylic acids is 2. The maximum Gasteiger partial charge on any atom is 0.268 e. The molecule has 0 radical (unpaired) electrons. The zero-order valence-electron chi connectivity index (χ0n) is 15.7. The number of amides is 2. The Labute approximate surface area is 180 Å². The fourth-order valence-corrected chi connectivity index (χ4v) is 4.18. The first kappa shape index (κ1) is 19.7. The summed E-state index contributed by atoms with van der Waals surface area (Å²) in [6.45, 7) is 1.96. The van der Waals surface area contributed by atoms with Crippen LogP contribution < -0.4 is 10.6 Å². The van der Waals surface area contributed by atoms with Gasteiger partial charge in [-0.2, -0.15) is 0 Å². The van der Waals surface area contributed by atoms with Crippen LogP contribution in [0, 0.1) is 6.92 Å². The third kappa shape index (κ3) is 4.54. The molecule has 0 saturated heterocycles. The van der Waals surface area contributed by atoms with Crippen molar-refractivity contribution in [2.24, 2.45) is 0 Å². The van der Waals surface area contributed by atoms with Crippen LogP contribution in [-0.2, 0) is 12.8 Å². The summed E-state index contributed by atoms with van der Waals surface area (Å²) < 4.78 is 0.986. The molecule has 6 nitrogen and oxygen atoms in total. The second-order valence-electron chi connectivity index (χ2n) is 6.97. The largest absolute Gasteiger partial charge is 0.349 e. The fourth-order valence-electron chi connectivity index (χ4n) is 3.32. The number of halogens is 1. The first-order chi connectivity index (χ1) is 14.0. The molecule has 0 saturated carbocycles. The van der Waals surface area contributed by atoms with Crippen LogP contribution >= 0.6 is 27.3 Å². The first-order valence-electron chi connectivity index (χ1n) is 9.26. The number of nitrogens with one attached hydrogen (secondary N) is 2. The number of aryl methyl sites for hydroxylation is 2. The van der Waals surface area contributed by atoms with Gasteiger partial charge in [0.15, 0.2) is 0 Å². The van der Waals surface area contributed by atoms with Crippen molar-refractivity contribution >= 4 is 45.0 Å². The topological polar surface area (TPSA) is 84.0 Å². The van der Waals surface area contributed by atoms with Gasteiger partial charge in [0.05, 0.1) is 4.88 Å². The highest BCUT2D eigenvalue weighted by molar-refractivity contribution is 9.10. The zero-order valence-corrected chi connectivity index (χ0v) is 18.1. The van der Waals surface area contributed by atoms with E-state index in [1.54, 1.807) is 12.3 Å². The Bertz CT molecular complexity index is 1070. The summed E-state index contributed by atoms with van der Waals surface area (Å²) in [5.41, 5.74) is 3.60. The van der Waals surface area contributed by atoms with Crippen LogP contribution in [0.1, 0.15) is 43.3 Å². The molecule has 4 rings (SSSR count). The molecule has 1 aliphatic carbocycles. The van der Waals surface area contributed by atoms with Gasteiger partial charge in [0.25, 0.3) is 11.8 Å². The van der Waals surface area contributed by atoms with Crippen molar-refractivity contribution in [1.29, 1.82) is 0 Å². The number of hydrogen-bond donors (Lipinski definition) is 2. The molecule has 0 fully saturated rings. The highest BCUT2D eigenvalue weighted by Crippen LogP contribution is 2.22. The molecule has 2 heterocycles. The number of carbonyl (C=O) groups is 2. The summed E-state index contributed by atoms with van der Waals surface area (Å²) in [7, 11) is 0. The van der Waals surface area contributed by atoms with E-state index in [1.807, 2.05) is 36.6 Å². The van der Waals surface area contributed by atoms with E-state index in [4.69, 9.17) is 0 Å². The Morgan fingerprint density at radius 2 is 2.10 bits per heavy atom. The molecule has 0 bridgehead atoms. The van der Waals surface area contributed by atoms with Gasteiger partial charge in [-0.1, -0.05) is 22.0 Å². The average molecular weight is 471 g/mol. The molecule has 1 aromatic carbocycles. The van der Waals surface area contributed by atoms with E-state index in [0.29, 0.717) is 22.8 Å². The maximum absolute atomic E-state index is 12.6. The molecule has 1 aliphatic rings. The average Bonchev–Trinajstić information content (AvgIpc) is 3.25. The molecule has 2 N–H and O–H groups in total. The number of benzene rings is 1. The minimum atomic E-state index is -0.203. The molecule has 8 heteroatoms. The van der Waals surface area contributed by atoms with Gasteiger partial charge < -0.3 is 5.32 Å². The van der Waals surface area contributed by atoms with Gasteiger partial charge in [0.2, 0.25) is 5.95 Å². The zero-order chi connectivity index (χ0) is 20.4. The molecule has 2 amide bonds. The normalized spacial score (nSPS) is 15.4. The highest BCUT2D eigenvalue weighted by Gasteiger charge is 2.23. The highest BCUT2D eigenvalue weighted by atomic mass is 79.9. The fraction of sp³-hybridized carbons (Fsp3) is 0.238. The lowest BCUT2D eigenvalue weighted by Crippen LogP contribution is -2.39. The van der Waals surface area contributed by atoms with E-state index in [-0.39, 0.29) is 17.9 Å². The van der Waals surface area contributed by atoms with E-state index in [2.05, 4.69) is 36.5 Å². The molecule has 148 valence electrons. The van der Waals surface area contributed by atoms with Gasteiger partial charge in [-0.05, 0) is 67.0 Å². The van der Waals surface area contributed by atoms with Gasteiger partial charge >= 0.3 is 0 Å². The minimum Gasteiger partial charge on any atom is -0.349 e. The monoisotopic (exact) mass is 470 g/mol. The van der Waals surface area contributed by atoms with E-state index in [9.17, 15) is 9.59 Å². The number of fused-ring (bicyclic) bond motifs is 1. The number of anilines is 1. The van der Waals surface area contributed by atoms with Crippen molar-refractivity contribution in [3.05, 3.63) is 73.6 Å². The van der Waals surface area contributed by atoms with Gasteiger partial charge in [-0.3, -0.25) is 14.9 Å². The first-order valence-corrected chi connectivity index (χ1v) is 10.9. The van der Waals surface area contributed by atoms with Gasteiger partial charge in [-0.25, -0.2) is 9.97 Å². The summed E-state index contributed by atoms with van der Waals surface area (Å²) in [4.78, 5) is 34.1. The Morgan fingerprint density at radius 3 is 2.86 bits per heavy atom. The number of nitrogens with zero attached hydrogens (tertiary/aromatic N) is 2. The van der Waals surface area contributed by atoms with Crippen LogP contribution in [0.25, 0.3) is 0 Å². The molecule has 2 aromatic heterocycles. The van der Waals surface area contributed by atoms with Crippen LogP contribution in [0.4, 0.5) is 5.95 Å². The summed E-state index contributed by atoms with van der Waals surface area (Å²) in [5, 5.41) is 7.71. The number of rotatable bonds is 4. The summed E-state index contributed by atoms with van der Waals surface area (Å²) in [6.07, 6.45) is 3.94. The van der Waals surface area contributed by atoms with E-state index in [0.717, 1.165) is 34.1 Å². The standard InChI is InChI=1S/C21H19BrN4O2S/c1-12-9-13(4-6-16(12)22)19(27)24-15-5-7-17-14(10-15)11-23-21(25-17)26-20(28)18-3-2-8-29-18/h2-4,6,8-9,11,15H,5,7,10H2,1H3,(H,24,27)(H,23,25,26,28). The van der Waals surface area contributed by atoms with Crippen LogP contribution in [-0.4, -0.2) is 27.8 Å². The van der Waals surface area contributed by atoms with E-state index < -0.39 is 0 Å². The van der Waals surface area contributed by atoms with Crippen molar-refractivity contribution < 1.29 is 9.59 Å². The van der Waals surface area contributed by atoms with Gasteiger partial charge in [-0.15, -0.1) is 11.3 Å². The molecule has 1 atom stereocenters. The van der Waals surface area contributed by atoms with Crippen LogP contribution in [0.2, 0.25) is 0 Å². The smallest absolute Gasteiger partial charge is 0.268 e. The van der Waals surface area contributed by atoms with Crippen molar-refractivity contribution in [3.8, 4) is 0 Å². The summed E-state index contributed by atoms with van der Waals surface area (Å²) >= 11 is 4.83. The Hall–Kier alpha value is -2.58. The van der Waals surface area contributed by atoms with Gasteiger partial charge in [0.1, 0.15) is 0 Å². The Kier molecular flexibility index (Phi) is 5.73. The lowest BCUT2D eigenvalue weighted by Gasteiger charge is -2.25. The quantitative estimate of drug-likeness (QED) is 0.599. The van der Waals surface area contributed by atoms with Crippen molar-refractivity contribution in [1.82, 2.24) is 15.3 Å². The molecular formula is C21H19BrN4O2S. The second kappa shape index (κ2) is 8.42. The summed E-state index contributed by atoms with van der Waals surface area (Å²) in [5.74, 6) is 0.0375. The Morgan fingerprint density at radius 1 is 1.24 bits per heavy atom. The number of aromatic nitrogens is 2. The maximum atomic E-state index is 12.6. The van der Waals surface area contributed by atoms with Crippen LogP contribution in [0.15, 0.2) is 46.4 Å². The molecule has 3 aromatic rings. The third-order valence-electron chi connectivity index (χ3n) is 4.88. The lowest BCUT2D eigenvalue weighted by atomic mass is 9.92. The molecule has 0 aliphatic heterocycles. The van der Waals surface area contributed by atoms with Crippen molar-refractivity contribution in [2.75, 3.05) is 5.32 Å². The SMILES string of the molecule is Cc1cc(C(=O)NC2CCc3nc(NC(=O)c4cccs4)ncc3C2)ccc1Br. The number of thiophene rings is 1. The molecule has 0 spiro atoms.